The van der Waals surface area contributed by atoms with Crippen molar-refractivity contribution in [3.05, 3.63) is 28.1 Å². The van der Waals surface area contributed by atoms with Gasteiger partial charge in [-0.2, -0.15) is 4.31 Å². The fourth-order valence-electron chi connectivity index (χ4n) is 1.49. The minimum absolute atomic E-state index is 0.221. The fraction of sp³-hybridized carbons (Fsp3) is 0.300. The van der Waals surface area contributed by atoms with Gasteiger partial charge in [-0.1, -0.05) is 17.4 Å². The smallest absolute Gasteiger partial charge is 0.254 e. The highest BCUT2D eigenvalue weighted by Crippen LogP contribution is 2.28. The first-order chi connectivity index (χ1) is 8.41. The van der Waals surface area contributed by atoms with Crippen molar-refractivity contribution in [2.45, 2.75) is 17.7 Å². The Kier molecular flexibility index (Phi) is 3.71. The van der Waals surface area contributed by atoms with Crippen molar-refractivity contribution < 1.29 is 8.42 Å². The molecule has 0 aromatic carbocycles. The Hall–Kier alpha value is -0.960. The van der Waals surface area contributed by atoms with Crippen LogP contribution in [0.2, 0.25) is 0 Å². The minimum Gasteiger partial charge on any atom is -0.375 e. The van der Waals surface area contributed by atoms with Gasteiger partial charge in [-0.05, 0) is 18.4 Å². The summed E-state index contributed by atoms with van der Waals surface area (Å²) in [6.07, 6.45) is 0. The third-order valence-corrected chi connectivity index (χ3v) is 6.61. The molecule has 2 heterocycles. The zero-order valence-electron chi connectivity index (χ0n) is 9.95. The average Bonchev–Trinajstić information content (AvgIpc) is 2.88. The van der Waals surface area contributed by atoms with Gasteiger partial charge in [0.1, 0.15) is 0 Å². The summed E-state index contributed by atoms with van der Waals surface area (Å²) in [5, 5.41) is 2.20. The first-order valence-electron chi connectivity index (χ1n) is 5.13. The molecule has 2 aromatic heterocycles. The Balaban J connectivity index is 2.28. The molecule has 0 aliphatic rings. The summed E-state index contributed by atoms with van der Waals surface area (Å²) in [4.78, 5) is 4.95. The molecule has 0 bridgehead atoms. The zero-order valence-corrected chi connectivity index (χ0v) is 12.4. The second-order valence-electron chi connectivity index (χ2n) is 3.77. The number of aryl methyl sites for hydroxylation is 1. The molecule has 0 spiro atoms. The molecule has 0 atom stereocenters. The summed E-state index contributed by atoms with van der Waals surface area (Å²) in [7, 11) is -1.95. The molecule has 5 nitrogen and oxygen atoms in total. The molecular formula is C10H13N3O2S3. The molecule has 0 fully saturated rings. The van der Waals surface area contributed by atoms with E-state index >= 15 is 0 Å². The maximum Gasteiger partial charge on any atom is 0.254 e. The summed E-state index contributed by atoms with van der Waals surface area (Å²) in [5.41, 5.74) is 5.99. The Labute approximate surface area is 114 Å². The predicted molar refractivity (Wildman–Crippen MR) is 74.2 cm³/mol. The molecule has 18 heavy (non-hydrogen) atoms. The number of aromatic nitrogens is 1. The first kappa shape index (κ1) is 13.5. The molecule has 0 radical (unpaired) electrons. The van der Waals surface area contributed by atoms with E-state index in [2.05, 4.69) is 4.98 Å². The highest BCUT2D eigenvalue weighted by atomic mass is 32.2. The van der Waals surface area contributed by atoms with Gasteiger partial charge in [0.15, 0.2) is 9.34 Å². The van der Waals surface area contributed by atoms with E-state index in [1.807, 2.05) is 17.5 Å². The number of hydrogen-bond donors (Lipinski definition) is 1. The summed E-state index contributed by atoms with van der Waals surface area (Å²) < 4.78 is 26.2. The minimum atomic E-state index is -3.51. The Morgan fingerprint density at radius 2 is 2.22 bits per heavy atom. The van der Waals surface area contributed by atoms with Crippen LogP contribution in [0.3, 0.4) is 0 Å². The van der Waals surface area contributed by atoms with Crippen LogP contribution in [0, 0.1) is 6.92 Å². The number of thiazole rings is 1. The topological polar surface area (TPSA) is 76.3 Å². The lowest BCUT2D eigenvalue weighted by Gasteiger charge is -2.15. The number of nitrogens with two attached hydrogens (primary N) is 1. The van der Waals surface area contributed by atoms with E-state index < -0.39 is 10.0 Å². The van der Waals surface area contributed by atoms with Crippen LogP contribution in [0.5, 0.6) is 0 Å². The summed E-state index contributed by atoms with van der Waals surface area (Å²) in [6, 6.07) is 3.81. The quantitative estimate of drug-likeness (QED) is 0.936. The van der Waals surface area contributed by atoms with Crippen LogP contribution in [0.1, 0.15) is 10.6 Å². The third-order valence-electron chi connectivity index (χ3n) is 2.37. The van der Waals surface area contributed by atoms with Crippen molar-refractivity contribution in [3.63, 3.8) is 0 Å². The molecule has 98 valence electrons. The van der Waals surface area contributed by atoms with Crippen LogP contribution in [0.25, 0.3) is 0 Å². The lowest BCUT2D eigenvalue weighted by atomic mass is 10.5. The first-order valence-corrected chi connectivity index (χ1v) is 8.26. The summed E-state index contributed by atoms with van der Waals surface area (Å²) >= 11 is 2.53. The van der Waals surface area contributed by atoms with Crippen molar-refractivity contribution in [2.24, 2.45) is 0 Å². The van der Waals surface area contributed by atoms with E-state index in [0.29, 0.717) is 12.2 Å². The van der Waals surface area contributed by atoms with Gasteiger partial charge < -0.3 is 5.73 Å². The number of hydrogen-bond acceptors (Lipinski definition) is 6. The van der Waals surface area contributed by atoms with Crippen LogP contribution >= 0.6 is 22.7 Å². The second-order valence-corrected chi connectivity index (χ2v) is 8.07. The van der Waals surface area contributed by atoms with Gasteiger partial charge in [0, 0.05) is 18.5 Å². The Morgan fingerprint density at radius 3 is 2.72 bits per heavy atom. The molecule has 2 aromatic rings. The van der Waals surface area contributed by atoms with E-state index in [0.717, 1.165) is 16.2 Å². The van der Waals surface area contributed by atoms with E-state index in [1.165, 1.54) is 15.6 Å². The van der Waals surface area contributed by atoms with E-state index in [4.69, 9.17) is 5.73 Å². The molecule has 2 N–H and O–H groups in total. The Morgan fingerprint density at radius 1 is 1.50 bits per heavy atom. The van der Waals surface area contributed by atoms with E-state index in [1.54, 1.807) is 14.0 Å². The van der Waals surface area contributed by atoms with E-state index in [-0.39, 0.29) is 9.34 Å². The lowest BCUT2D eigenvalue weighted by molar-refractivity contribution is 0.471. The SMILES string of the molecule is Cc1nc(N)sc1S(=O)(=O)N(C)Cc1cccs1. The number of rotatable bonds is 4. The monoisotopic (exact) mass is 303 g/mol. The molecule has 0 aliphatic heterocycles. The van der Waals surface area contributed by atoms with Crippen LogP contribution < -0.4 is 5.73 Å². The molecule has 8 heteroatoms. The number of sulfonamides is 1. The van der Waals surface area contributed by atoms with Crippen LogP contribution in [0.4, 0.5) is 5.13 Å². The van der Waals surface area contributed by atoms with E-state index in [9.17, 15) is 8.42 Å². The van der Waals surface area contributed by atoms with Gasteiger partial charge in [-0.3, -0.25) is 0 Å². The number of anilines is 1. The van der Waals surface area contributed by atoms with Gasteiger partial charge in [-0.25, -0.2) is 13.4 Å². The molecule has 0 saturated heterocycles. The summed E-state index contributed by atoms with van der Waals surface area (Å²) in [5.74, 6) is 0. The normalized spacial score (nSPS) is 12.2. The van der Waals surface area contributed by atoms with Gasteiger partial charge >= 0.3 is 0 Å². The van der Waals surface area contributed by atoms with Crippen molar-refractivity contribution >= 4 is 37.8 Å². The predicted octanol–water partition coefficient (Wildman–Crippen LogP) is 1.92. The molecule has 0 unspecified atom stereocenters. The standard InChI is InChI=1S/C10H13N3O2S3/c1-7-9(17-10(11)12-7)18(14,15)13(2)6-8-4-3-5-16-8/h3-5H,6H2,1-2H3,(H2,11,12). The van der Waals surface area contributed by atoms with Crippen molar-refractivity contribution in [1.82, 2.24) is 9.29 Å². The third kappa shape index (κ3) is 2.56. The number of thiophene rings is 1. The molecule has 2 rings (SSSR count). The van der Waals surface area contributed by atoms with Crippen LogP contribution in [-0.4, -0.2) is 24.8 Å². The van der Waals surface area contributed by atoms with Crippen LogP contribution in [0.15, 0.2) is 21.7 Å². The van der Waals surface area contributed by atoms with Crippen molar-refractivity contribution in [3.8, 4) is 0 Å². The number of nitrogens with zero attached hydrogens (tertiary/aromatic N) is 2. The molecule has 0 saturated carbocycles. The van der Waals surface area contributed by atoms with Crippen LogP contribution in [-0.2, 0) is 16.6 Å². The highest BCUT2D eigenvalue weighted by Gasteiger charge is 2.26. The van der Waals surface area contributed by atoms with Gasteiger partial charge in [-0.15, -0.1) is 11.3 Å². The maximum absolute atomic E-state index is 12.3. The zero-order chi connectivity index (χ0) is 13.3. The van der Waals surface area contributed by atoms with Gasteiger partial charge in [0.25, 0.3) is 10.0 Å². The van der Waals surface area contributed by atoms with Gasteiger partial charge in [0.05, 0.1) is 5.69 Å². The van der Waals surface area contributed by atoms with Crippen molar-refractivity contribution in [1.29, 1.82) is 0 Å². The fourth-order valence-corrected chi connectivity index (χ4v) is 4.97. The molecular weight excluding hydrogens is 290 g/mol. The molecule has 0 aliphatic carbocycles. The maximum atomic E-state index is 12.3. The largest absolute Gasteiger partial charge is 0.375 e. The highest BCUT2D eigenvalue weighted by molar-refractivity contribution is 7.91. The average molecular weight is 303 g/mol. The van der Waals surface area contributed by atoms with Gasteiger partial charge in [0.2, 0.25) is 0 Å². The second kappa shape index (κ2) is 4.96. The lowest BCUT2D eigenvalue weighted by Crippen LogP contribution is -2.26. The number of nitrogen functional groups attached to an aromatic ring is 1. The summed E-state index contributed by atoms with van der Waals surface area (Å²) in [6.45, 7) is 2.01. The molecule has 0 amide bonds. The van der Waals surface area contributed by atoms with Crippen molar-refractivity contribution in [2.75, 3.05) is 12.8 Å². The Bertz CT molecular complexity index is 631.